The van der Waals surface area contributed by atoms with E-state index in [0.29, 0.717) is 11.6 Å². The summed E-state index contributed by atoms with van der Waals surface area (Å²) in [5, 5.41) is 4.13. The smallest absolute Gasteiger partial charge is 0.196 e. The van der Waals surface area contributed by atoms with E-state index in [9.17, 15) is 4.79 Å². The molecule has 2 rings (SSSR count). The lowest BCUT2D eigenvalue weighted by Crippen LogP contribution is -2.14. The van der Waals surface area contributed by atoms with Gasteiger partial charge in [0.15, 0.2) is 5.78 Å². The van der Waals surface area contributed by atoms with Crippen molar-refractivity contribution in [1.82, 2.24) is 9.78 Å². The van der Waals surface area contributed by atoms with Gasteiger partial charge >= 0.3 is 0 Å². The quantitative estimate of drug-likeness (QED) is 0.685. The number of hydrogen-bond acceptors (Lipinski definition) is 3. The largest absolute Gasteiger partial charge is 0.324 e. The van der Waals surface area contributed by atoms with Gasteiger partial charge in [0.25, 0.3) is 0 Å². The molecule has 1 aromatic rings. The standard InChI is InChI=1S/C9H13N3O/c1-12-8(6-2-3-6)4-7(11-12)9(13)5-10/h4,6H,2-3,5,10H2,1H3. The van der Waals surface area contributed by atoms with Gasteiger partial charge in [-0.3, -0.25) is 9.48 Å². The van der Waals surface area contributed by atoms with Crippen molar-refractivity contribution in [3.05, 3.63) is 17.5 Å². The van der Waals surface area contributed by atoms with Gasteiger partial charge in [-0.15, -0.1) is 0 Å². The summed E-state index contributed by atoms with van der Waals surface area (Å²) in [4.78, 5) is 11.2. The highest BCUT2D eigenvalue weighted by molar-refractivity contribution is 5.95. The van der Waals surface area contributed by atoms with Crippen LogP contribution in [0.4, 0.5) is 0 Å². The number of hydrogen-bond donors (Lipinski definition) is 1. The van der Waals surface area contributed by atoms with E-state index in [1.165, 1.54) is 12.8 Å². The monoisotopic (exact) mass is 179 g/mol. The van der Waals surface area contributed by atoms with E-state index in [-0.39, 0.29) is 12.3 Å². The summed E-state index contributed by atoms with van der Waals surface area (Å²) in [6.45, 7) is 0.0428. The zero-order valence-electron chi connectivity index (χ0n) is 7.66. The molecule has 0 bridgehead atoms. The van der Waals surface area contributed by atoms with E-state index in [1.54, 1.807) is 4.68 Å². The van der Waals surface area contributed by atoms with E-state index in [4.69, 9.17) is 5.73 Å². The molecule has 0 aliphatic heterocycles. The van der Waals surface area contributed by atoms with Crippen LogP contribution in [0.3, 0.4) is 0 Å². The topological polar surface area (TPSA) is 60.9 Å². The fourth-order valence-corrected chi connectivity index (χ4v) is 1.48. The Morgan fingerprint density at radius 2 is 2.46 bits per heavy atom. The molecule has 2 N–H and O–H groups in total. The molecule has 1 heterocycles. The second-order valence-corrected chi connectivity index (χ2v) is 3.48. The van der Waals surface area contributed by atoms with Crippen LogP contribution in [0, 0.1) is 0 Å². The van der Waals surface area contributed by atoms with Gasteiger partial charge in [-0.1, -0.05) is 0 Å². The summed E-state index contributed by atoms with van der Waals surface area (Å²) in [6, 6.07) is 1.87. The van der Waals surface area contributed by atoms with Gasteiger partial charge in [0.2, 0.25) is 0 Å². The first-order valence-electron chi connectivity index (χ1n) is 4.49. The Kier molecular flexibility index (Phi) is 1.92. The van der Waals surface area contributed by atoms with E-state index in [1.807, 2.05) is 13.1 Å². The van der Waals surface area contributed by atoms with E-state index >= 15 is 0 Å². The summed E-state index contributed by atoms with van der Waals surface area (Å²) in [7, 11) is 1.88. The molecule has 0 unspecified atom stereocenters. The van der Waals surface area contributed by atoms with Crippen LogP contribution in [0.2, 0.25) is 0 Å². The Bertz CT molecular complexity index is 339. The summed E-state index contributed by atoms with van der Waals surface area (Å²) in [5.74, 6) is 0.541. The van der Waals surface area contributed by atoms with Crippen molar-refractivity contribution < 1.29 is 4.79 Å². The number of nitrogens with zero attached hydrogens (tertiary/aromatic N) is 2. The zero-order valence-corrected chi connectivity index (χ0v) is 7.66. The summed E-state index contributed by atoms with van der Waals surface area (Å²) in [5.41, 5.74) is 6.93. The number of aryl methyl sites for hydroxylation is 1. The molecule has 4 nitrogen and oxygen atoms in total. The molecule has 0 atom stereocenters. The van der Waals surface area contributed by atoms with E-state index in [2.05, 4.69) is 5.10 Å². The molecule has 0 saturated heterocycles. The van der Waals surface area contributed by atoms with E-state index in [0.717, 1.165) is 5.69 Å². The third kappa shape index (κ3) is 1.49. The van der Waals surface area contributed by atoms with Gasteiger partial charge in [0.1, 0.15) is 5.69 Å². The Labute approximate surface area is 76.7 Å². The van der Waals surface area contributed by atoms with Gasteiger partial charge in [0, 0.05) is 18.7 Å². The minimum absolute atomic E-state index is 0.0428. The first-order valence-corrected chi connectivity index (χ1v) is 4.49. The van der Waals surface area contributed by atoms with Gasteiger partial charge < -0.3 is 5.73 Å². The Morgan fingerprint density at radius 3 is 3.00 bits per heavy atom. The van der Waals surface area contributed by atoms with Crippen LogP contribution in [-0.2, 0) is 7.05 Å². The average molecular weight is 179 g/mol. The van der Waals surface area contributed by atoms with Crippen LogP contribution in [0.1, 0.15) is 34.9 Å². The lowest BCUT2D eigenvalue weighted by Gasteiger charge is -1.94. The summed E-state index contributed by atoms with van der Waals surface area (Å²) in [6.07, 6.45) is 2.44. The fraction of sp³-hybridized carbons (Fsp3) is 0.556. The second-order valence-electron chi connectivity index (χ2n) is 3.48. The molecule has 0 aromatic carbocycles. The predicted molar refractivity (Wildman–Crippen MR) is 48.6 cm³/mol. The third-order valence-corrected chi connectivity index (χ3v) is 2.38. The van der Waals surface area contributed by atoms with Gasteiger partial charge in [0.05, 0.1) is 6.54 Å². The van der Waals surface area contributed by atoms with Gasteiger partial charge in [-0.25, -0.2) is 0 Å². The molecule has 1 fully saturated rings. The molecule has 70 valence electrons. The normalized spacial score (nSPS) is 16.2. The number of carbonyl (C=O) groups is 1. The number of rotatable bonds is 3. The lowest BCUT2D eigenvalue weighted by molar-refractivity contribution is 0.0996. The number of carbonyl (C=O) groups excluding carboxylic acids is 1. The Hall–Kier alpha value is -1.16. The van der Waals surface area contributed by atoms with Crippen molar-refractivity contribution in [3.8, 4) is 0 Å². The number of Topliss-reactive ketones (excluding diaryl/α,β-unsaturated/α-hetero) is 1. The average Bonchev–Trinajstić information content (AvgIpc) is 2.89. The van der Waals surface area contributed by atoms with Crippen LogP contribution in [0.5, 0.6) is 0 Å². The van der Waals surface area contributed by atoms with Crippen LogP contribution in [0.25, 0.3) is 0 Å². The van der Waals surface area contributed by atoms with Crippen molar-refractivity contribution in [3.63, 3.8) is 0 Å². The number of nitrogens with two attached hydrogens (primary N) is 1. The molecular formula is C9H13N3O. The maximum Gasteiger partial charge on any atom is 0.196 e. The van der Waals surface area contributed by atoms with Crippen molar-refractivity contribution in [2.45, 2.75) is 18.8 Å². The molecule has 4 heteroatoms. The van der Waals surface area contributed by atoms with Gasteiger partial charge in [-0.2, -0.15) is 5.10 Å². The number of aromatic nitrogens is 2. The molecule has 1 aliphatic carbocycles. The van der Waals surface area contributed by atoms with Crippen molar-refractivity contribution in [1.29, 1.82) is 0 Å². The van der Waals surface area contributed by atoms with E-state index < -0.39 is 0 Å². The fourth-order valence-electron chi connectivity index (χ4n) is 1.48. The molecule has 1 saturated carbocycles. The third-order valence-electron chi connectivity index (χ3n) is 2.38. The molecular weight excluding hydrogens is 166 g/mol. The van der Waals surface area contributed by atoms with Crippen LogP contribution in [0.15, 0.2) is 6.07 Å². The highest BCUT2D eigenvalue weighted by Gasteiger charge is 2.27. The lowest BCUT2D eigenvalue weighted by atomic mass is 10.2. The highest BCUT2D eigenvalue weighted by Crippen LogP contribution is 2.39. The highest BCUT2D eigenvalue weighted by atomic mass is 16.1. The van der Waals surface area contributed by atoms with Crippen LogP contribution in [-0.4, -0.2) is 22.1 Å². The second kappa shape index (κ2) is 2.96. The molecule has 13 heavy (non-hydrogen) atoms. The zero-order chi connectivity index (χ0) is 9.42. The molecule has 0 spiro atoms. The molecule has 0 amide bonds. The minimum Gasteiger partial charge on any atom is -0.324 e. The molecule has 1 aromatic heterocycles. The SMILES string of the molecule is Cn1nc(C(=O)CN)cc1C1CC1. The van der Waals surface area contributed by atoms with Crippen molar-refractivity contribution >= 4 is 5.78 Å². The summed E-state index contributed by atoms with van der Waals surface area (Å²) >= 11 is 0. The Balaban J connectivity index is 2.28. The summed E-state index contributed by atoms with van der Waals surface area (Å²) < 4.78 is 1.79. The van der Waals surface area contributed by atoms with Crippen LogP contribution >= 0.6 is 0 Å². The minimum atomic E-state index is -0.0810. The molecule has 1 aliphatic rings. The number of ketones is 1. The van der Waals surface area contributed by atoms with Crippen molar-refractivity contribution in [2.75, 3.05) is 6.54 Å². The van der Waals surface area contributed by atoms with Crippen molar-refractivity contribution in [2.24, 2.45) is 12.8 Å². The van der Waals surface area contributed by atoms with Gasteiger partial charge in [-0.05, 0) is 18.9 Å². The Morgan fingerprint density at radius 1 is 1.77 bits per heavy atom. The predicted octanol–water partition coefficient (Wildman–Crippen LogP) is 0.439. The maximum atomic E-state index is 11.2. The first-order chi connectivity index (χ1) is 6.22. The van der Waals surface area contributed by atoms with Crippen LogP contribution < -0.4 is 5.73 Å². The first kappa shape index (κ1) is 8.44. The maximum absolute atomic E-state index is 11.2. The molecule has 0 radical (unpaired) electrons.